The van der Waals surface area contributed by atoms with Crippen LogP contribution in [0.2, 0.25) is 0 Å². The smallest absolute Gasteiger partial charge is 0.225 e. The molecule has 0 aliphatic rings. The molecule has 1 heterocycles. The Bertz CT molecular complexity index is 656. The van der Waals surface area contributed by atoms with Crippen molar-refractivity contribution in [1.29, 1.82) is 0 Å². The van der Waals surface area contributed by atoms with Crippen molar-refractivity contribution in [3.8, 4) is 10.6 Å². The van der Waals surface area contributed by atoms with Crippen LogP contribution in [0.4, 0.5) is 4.39 Å². The van der Waals surface area contributed by atoms with E-state index < -0.39 is 0 Å². The molecule has 0 saturated heterocycles. The molecule has 0 radical (unpaired) electrons. The second-order valence-electron chi connectivity index (χ2n) is 6.29. The van der Waals surface area contributed by atoms with Gasteiger partial charge in [-0.1, -0.05) is 20.8 Å². The predicted octanol–water partition coefficient (Wildman–Crippen LogP) is 3.96. The van der Waals surface area contributed by atoms with Crippen LogP contribution in [0.1, 0.15) is 31.3 Å². The van der Waals surface area contributed by atoms with Gasteiger partial charge in [-0.15, -0.1) is 11.3 Å². The maximum Gasteiger partial charge on any atom is 0.225 e. The summed E-state index contributed by atoms with van der Waals surface area (Å²) in [5.41, 5.74) is 1.51. The first-order valence-corrected chi connectivity index (χ1v) is 8.09. The van der Waals surface area contributed by atoms with E-state index in [1.54, 1.807) is 23.5 Å². The van der Waals surface area contributed by atoms with Crippen molar-refractivity contribution in [2.24, 2.45) is 5.41 Å². The molecular formula is C17H21FN2OS. The normalized spacial score (nSPS) is 11.5. The molecule has 0 saturated carbocycles. The Morgan fingerprint density at radius 2 is 1.91 bits per heavy atom. The second kappa shape index (κ2) is 6.57. The molecule has 0 atom stereocenters. The maximum atomic E-state index is 13.0. The zero-order valence-electron chi connectivity index (χ0n) is 13.4. The second-order valence-corrected chi connectivity index (χ2v) is 7.37. The fourth-order valence-corrected chi connectivity index (χ4v) is 3.00. The molecular weight excluding hydrogens is 299 g/mol. The average Bonchev–Trinajstić information content (AvgIpc) is 2.80. The predicted molar refractivity (Wildman–Crippen MR) is 88.4 cm³/mol. The summed E-state index contributed by atoms with van der Waals surface area (Å²) in [5.74, 6) is -0.199. The van der Waals surface area contributed by atoms with Gasteiger partial charge in [0.25, 0.3) is 0 Å². The number of hydrogen-bond acceptors (Lipinski definition) is 3. The number of halogens is 1. The summed E-state index contributed by atoms with van der Waals surface area (Å²) in [6.45, 7) is 8.25. The minimum absolute atomic E-state index is 0.0495. The van der Waals surface area contributed by atoms with Gasteiger partial charge in [-0.05, 0) is 31.2 Å². The highest BCUT2D eigenvalue weighted by Gasteiger charge is 2.20. The number of hydrogen-bond donors (Lipinski definition) is 1. The van der Waals surface area contributed by atoms with E-state index in [4.69, 9.17) is 0 Å². The van der Waals surface area contributed by atoms with E-state index in [1.165, 1.54) is 12.1 Å². The van der Waals surface area contributed by atoms with Crippen LogP contribution in [-0.2, 0) is 11.2 Å². The highest BCUT2D eigenvalue weighted by molar-refractivity contribution is 7.15. The van der Waals surface area contributed by atoms with Gasteiger partial charge in [0.2, 0.25) is 5.91 Å². The lowest BCUT2D eigenvalue weighted by Gasteiger charge is -2.17. The van der Waals surface area contributed by atoms with E-state index in [0.717, 1.165) is 27.6 Å². The van der Waals surface area contributed by atoms with Crippen molar-refractivity contribution < 1.29 is 9.18 Å². The first kappa shape index (κ1) is 16.6. The van der Waals surface area contributed by atoms with Crippen LogP contribution in [0.15, 0.2) is 24.3 Å². The molecule has 0 unspecified atom stereocenters. The molecule has 3 nitrogen and oxygen atoms in total. The maximum absolute atomic E-state index is 13.0. The van der Waals surface area contributed by atoms with Crippen LogP contribution in [0.5, 0.6) is 0 Å². The van der Waals surface area contributed by atoms with Gasteiger partial charge in [-0.25, -0.2) is 9.37 Å². The summed E-state index contributed by atoms with van der Waals surface area (Å²) < 4.78 is 13.0. The molecule has 0 aliphatic heterocycles. The number of benzene rings is 1. The number of thiazole rings is 1. The first-order valence-electron chi connectivity index (χ1n) is 7.28. The van der Waals surface area contributed by atoms with Gasteiger partial charge >= 0.3 is 0 Å². The lowest BCUT2D eigenvalue weighted by Crippen LogP contribution is -2.35. The summed E-state index contributed by atoms with van der Waals surface area (Å²) in [7, 11) is 0. The van der Waals surface area contributed by atoms with Crippen molar-refractivity contribution in [3.05, 3.63) is 40.7 Å². The number of rotatable bonds is 4. The standard InChI is InChI=1S/C17H21FN2OS/c1-11-14(9-10-19-16(21)17(2,3)4)22-15(20-11)12-5-7-13(18)8-6-12/h5-8H,9-10H2,1-4H3,(H,19,21). The molecule has 0 bridgehead atoms. The van der Waals surface area contributed by atoms with Crippen molar-refractivity contribution in [2.45, 2.75) is 34.1 Å². The molecule has 0 fully saturated rings. The van der Waals surface area contributed by atoms with Crippen molar-refractivity contribution in [1.82, 2.24) is 10.3 Å². The monoisotopic (exact) mass is 320 g/mol. The molecule has 5 heteroatoms. The quantitative estimate of drug-likeness (QED) is 0.926. The van der Waals surface area contributed by atoms with E-state index >= 15 is 0 Å². The molecule has 1 aromatic heterocycles. The van der Waals surface area contributed by atoms with Gasteiger partial charge in [0.1, 0.15) is 10.8 Å². The highest BCUT2D eigenvalue weighted by Crippen LogP contribution is 2.28. The lowest BCUT2D eigenvalue weighted by atomic mass is 9.96. The molecule has 2 aromatic rings. The summed E-state index contributed by atoms with van der Waals surface area (Å²) in [6, 6.07) is 6.35. The SMILES string of the molecule is Cc1nc(-c2ccc(F)cc2)sc1CCNC(=O)C(C)(C)C. The van der Waals surface area contributed by atoms with Gasteiger partial charge in [0.05, 0.1) is 5.69 Å². The summed E-state index contributed by atoms with van der Waals surface area (Å²) >= 11 is 1.59. The van der Waals surface area contributed by atoms with E-state index in [1.807, 2.05) is 27.7 Å². The van der Waals surface area contributed by atoms with Crippen molar-refractivity contribution in [2.75, 3.05) is 6.54 Å². The molecule has 22 heavy (non-hydrogen) atoms. The highest BCUT2D eigenvalue weighted by atomic mass is 32.1. The summed E-state index contributed by atoms with van der Waals surface area (Å²) in [4.78, 5) is 17.5. The third-order valence-corrected chi connectivity index (χ3v) is 4.57. The van der Waals surface area contributed by atoms with Crippen LogP contribution >= 0.6 is 11.3 Å². The van der Waals surface area contributed by atoms with Crippen LogP contribution in [0, 0.1) is 18.2 Å². The molecule has 118 valence electrons. The number of aromatic nitrogens is 1. The molecule has 0 spiro atoms. The number of nitrogens with zero attached hydrogens (tertiary/aromatic N) is 1. The van der Waals surface area contributed by atoms with Crippen LogP contribution in [0.3, 0.4) is 0 Å². The van der Waals surface area contributed by atoms with Gasteiger partial charge in [-0.2, -0.15) is 0 Å². The molecule has 1 N–H and O–H groups in total. The van der Waals surface area contributed by atoms with E-state index in [0.29, 0.717) is 6.54 Å². The molecule has 1 aromatic carbocycles. The zero-order chi connectivity index (χ0) is 16.3. The van der Waals surface area contributed by atoms with Crippen LogP contribution < -0.4 is 5.32 Å². The Morgan fingerprint density at radius 3 is 2.50 bits per heavy atom. The number of amides is 1. The summed E-state index contributed by atoms with van der Waals surface area (Å²) in [6.07, 6.45) is 0.756. The fourth-order valence-electron chi connectivity index (χ4n) is 1.93. The van der Waals surface area contributed by atoms with E-state index in [2.05, 4.69) is 10.3 Å². The van der Waals surface area contributed by atoms with E-state index in [-0.39, 0.29) is 17.1 Å². The van der Waals surface area contributed by atoms with Crippen molar-refractivity contribution >= 4 is 17.2 Å². The molecule has 0 aliphatic carbocycles. The lowest BCUT2D eigenvalue weighted by molar-refractivity contribution is -0.128. The first-order chi connectivity index (χ1) is 10.3. The van der Waals surface area contributed by atoms with Crippen molar-refractivity contribution in [3.63, 3.8) is 0 Å². The topological polar surface area (TPSA) is 42.0 Å². The fraction of sp³-hybridized carbons (Fsp3) is 0.412. The number of nitrogens with one attached hydrogen (secondary N) is 1. The van der Waals surface area contributed by atoms with Gasteiger partial charge < -0.3 is 5.32 Å². The minimum atomic E-state index is -0.373. The average molecular weight is 320 g/mol. The zero-order valence-corrected chi connectivity index (χ0v) is 14.2. The van der Waals surface area contributed by atoms with Gasteiger partial charge in [0.15, 0.2) is 0 Å². The van der Waals surface area contributed by atoms with E-state index in [9.17, 15) is 9.18 Å². The number of carbonyl (C=O) groups excluding carboxylic acids is 1. The Labute approximate surface area is 134 Å². The Hall–Kier alpha value is -1.75. The third-order valence-electron chi connectivity index (χ3n) is 3.30. The Balaban J connectivity index is 2.01. The Morgan fingerprint density at radius 1 is 1.27 bits per heavy atom. The van der Waals surface area contributed by atoms with Gasteiger partial charge in [0, 0.05) is 28.8 Å². The molecule has 1 amide bonds. The largest absolute Gasteiger partial charge is 0.355 e. The third kappa shape index (κ3) is 4.13. The summed E-state index contributed by atoms with van der Waals surface area (Å²) in [5, 5.41) is 3.83. The number of aryl methyl sites for hydroxylation is 1. The van der Waals surface area contributed by atoms with Crippen LogP contribution in [0.25, 0.3) is 10.6 Å². The van der Waals surface area contributed by atoms with Crippen LogP contribution in [-0.4, -0.2) is 17.4 Å². The number of carbonyl (C=O) groups is 1. The van der Waals surface area contributed by atoms with Gasteiger partial charge in [-0.3, -0.25) is 4.79 Å². The Kier molecular flexibility index (Phi) is 4.96. The molecule has 2 rings (SSSR count). The minimum Gasteiger partial charge on any atom is -0.355 e.